The number of rotatable bonds is 5. The maximum absolute atomic E-state index is 12.8. The van der Waals surface area contributed by atoms with Gasteiger partial charge < -0.3 is 14.5 Å². The Kier molecular flexibility index (Phi) is 5.93. The van der Waals surface area contributed by atoms with E-state index in [1.54, 1.807) is 55.5 Å². The normalized spacial score (nSPS) is 10.8. The molecule has 1 heterocycles. The summed E-state index contributed by atoms with van der Waals surface area (Å²) < 4.78 is 10.8. The van der Waals surface area contributed by atoms with Crippen LogP contribution in [-0.4, -0.2) is 17.5 Å². The highest BCUT2D eigenvalue weighted by molar-refractivity contribution is 6.36. The number of aromatic nitrogens is 1. The predicted octanol–water partition coefficient (Wildman–Crippen LogP) is 5.81. The standard InChI is InChI=1S/C23H16Cl2N2O4/c1-2-30-20-17(11-14(24)12-18(20)25)21(28)26-15-9-7-13(8-10-15)22-27-19-6-4-3-5-16(19)23(29)31-22/h3-12H,2H2,1H3,(H,26,28). The second kappa shape index (κ2) is 8.79. The number of carbonyl (C=O) groups is 1. The Balaban J connectivity index is 1.60. The minimum Gasteiger partial charge on any atom is -0.491 e. The second-order valence-corrected chi connectivity index (χ2v) is 7.40. The van der Waals surface area contributed by atoms with Gasteiger partial charge in [-0.1, -0.05) is 35.3 Å². The van der Waals surface area contributed by atoms with Crippen LogP contribution < -0.4 is 15.7 Å². The summed E-state index contributed by atoms with van der Waals surface area (Å²) in [6, 6.07) is 16.7. The molecule has 0 aliphatic rings. The van der Waals surface area contributed by atoms with Crippen LogP contribution >= 0.6 is 23.2 Å². The highest BCUT2D eigenvalue weighted by Crippen LogP contribution is 2.33. The van der Waals surface area contributed by atoms with Gasteiger partial charge in [0, 0.05) is 16.3 Å². The molecule has 1 N–H and O–H groups in total. The molecule has 3 aromatic carbocycles. The highest BCUT2D eigenvalue weighted by Gasteiger charge is 2.18. The Hall–Kier alpha value is -3.35. The van der Waals surface area contributed by atoms with E-state index in [2.05, 4.69) is 10.3 Å². The summed E-state index contributed by atoms with van der Waals surface area (Å²) in [5.74, 6) is 0.0441. The van der Waals surface area contributed by atoms with Crippen molar-refractivity contribution in [1.29, 1.82) is 0 Å². The lowest BCUT2D eigenvalue weighted by Crippen LogP contribution is -2.14. The van der Waals surface area contributed by atoms with Crippen LogP contribution in [0.3, 0.4) is 0 Å². The summed E-state index contributed by atoms with van der Waals surface area (Å²) in [6.07, 6.45) is 0. The maximum atomic E-state index is 12.8. The number of hydrogen-bond donors (Lipinski definition) is 1. The van der Waals surface area contributed by atoms with Crippen molar-refractivity contribution in [3.8, 4) is 17.2 Å². The largest absolute Gasteiger partial charge is 0.491 e. The molecule has 156 valence electrons. The van der Waals surface area contributed by atoms with Crippen LogP contribution in [0.15, 0.2) is 69.9 Å². The third-order valence-corrected chi connectivity index (χ3v) is 4.97. The van der Waals surface area contributed by atoms with Gasteiger partial charge >= 0.3 is 5.63 Å². The number of amides is 1. The molecular weight excluding hydrogens is 439 g/mol. The molecule has 0 saturated carbocycles. The molecule has 0 unspecified atom stereocenters. The minimum absolute atomic E-state index is 0.196. The molecule has 1 aromatic heterocycles. The van der Waals surface area contributed by atoms with Crippen molar-refractivity contribution in [2.45, 2.75) is 6.92 Å². The average molecular weight is 455 g/mol. The summed E-state index contributed by atoms with van der Waals surface area (Å²) in [5.41, 5.74) is 1.44. The van der Waals surface area contributed by atoms with Crippen LogP contribution in [0.4, 0.5) is 5.69 Å². The summed E-state index contributed by atoms with van der Waals surface area (Å²) in [6.45, 7) is 2.14. The van der Waals surface area contributed by atoms with E-state index >= 15 is 0 Å². The molecule has 0 atom stereocenters. The quantitative estimate of drug-likeness (QED) is 0.411. The van der Waals surface area contributed by atoms with Gasteiger partial charge in [-0.15, -0.1) is 0 Å². The lowest BCUT2D eigenvalue weighted by atomic mass is 10.1. The molecule has 0 aliphatic carbocycles. The summed E-state index contributed by atoms with van der Waals surface area (Å²) in [5, 5.41) is 3.78. The lowest BCUT2D eigenvalue weighted by molar-refractivity contribution is 0.102. The fraction of sp³-hybridized carbons (Fsp3) is 0.0870. The monoisotopic (exact) mass is 454 g/mol. The Bertz CT molecular complexity index is 1330. The van der Waals surface area contributed by atoms with Crippen molar-refractivity contribution >= 4 is 45.7 Å². The topological polar surface area (TPSA) is 81.4 Å². The third-order valence-electron chi connectivity index (χ3n) is 4.47. The first-order chi connectivity index (χ1) is 15.0. The summed E-state index contributed by atoms with van der Waals surface area (Å²) in [7, 11) is 0. The zero-order valence-electron chi connectivity index (χ0n) is 16.3. The van der Waals surface area contributed by atoms with E-state index in [1.165, 1.54) is 12.1 Å². The van der Waals surface area contributed by atoms with Gasteiger partial charge in [-0.25, -0.2) is 9.78 Å². The number of benzene rings is 3. The van der Waals surface area contributed by atoms with E-state index in [0.717, 1.165) is 0 Å². The number of para-hydroxylation sites is 1. The molecule has 0 spiro atoms. The third kappa shape index (κ3) is 4.40. The number of nitrogens with one attached hydrogen (secondary N) is 1. The first-order valence-electron chi connectivity index (χ1n) is 9.39. The van der Waals surface area contributed by atoms with Gasteiger partial charge in [0.15, 0.2) is 5.75 Å². The van der Waals surface area contributed by atoms with E-state index < -0.39 is 11.5 Å². The zero-order chi connectivity index (χ0) is 22.0. The Morgan fingerprint density at radius 1 is 1.10 bits per heavy atom. The SMILES string of the molecule is CCOc1c(Cl)cc(Cl)cc1C(=O)Nc1ccc(-c2nc3ccccc3c(=O)o2)cc1. The number of halogens is 2. The first-order valence-corrected chi connectivity index (χ1v) is 10.2. The number of fused-ring (bicyclic) bond motifs is 1. The van der Waals surface area contributed by atoms with Crippen molar-refractivity contribution < 1.29 is 13.9 Å². The van der Waals surface area contributed by atoms with Crippen LogP contribution in [0.5, 0.6) is 5.75 Å². The van der Waals surface area contributed by atoms with E-state index in [9.17, 15) is 9.59 Å². The van der Waals surface area contributed by atoms with Gasteiger partial charge in [-0.3, -0.25) is 4.79 Å². The van der Waals surface area contributed by atoms with Gasteiger partial charge in [-0.05, 0) is 55.5 Å². The van der Waals surface area contributed by atoms with E-state index in [0.29, 0.717) is 33.8 Å². The van der Waals surface area contributed by atoms with Gasteiger partial charge in [0.2, 0.25) is 5.89 Å². The van der Waals surface area contributed by atoms with Crippen LogP contribution in [-0.2, 0) is 0 Å². The number of anilines is 1. The fourth-order valence-electron chi connectivity index (χ4n) is 3.06. The molecule has 8 heteroatoms. The highest BCUT2D eigenvalue weighted by atomic mass is 35.5. The number of hydrogen-bond acceptors (Lipinski definition) is 5. The minimum atomic E-state index is -0.459. The van der Waals surface area contributed by atoms with E-state index in [4.69, 9.17) is 32.4 Å². The first kappa shape index (κ1) is 20.9. The van der Waals surface area contributed by atoms with Crippen molar-refractivity contribution in [3.05, 3.63) is 86.7 Å². The Labute approximate surface area is 187 Å². The molecule has 0 radical (unpaired) electrons. The molecule has 0 saturated heterocycles. The molecule has 0 aliphatic heterocycles. The van der Waals surface area contributed by atoms with Crippen molar-refractivity contribution in [2.24, 2.45) is 0 Å². The van der Waals surface area contributed by atoms with Crippen molar-refractivity contribution in [2.75, 3.05) is 11.9 Å². The zero-order valence-corrected chi connectivity index (χ0v) is 17.8. The molecule has 4 aromatic rings. The molecule has 6 nitrogen and oxygen atoms in total. The van der Waals surface area contributed by atoms with Gasteiger partial charge in [0.1, 0.15) is 0 Å². The molecule has 0 bridgehead atoms. The van der Waals surface area contributed by atoms with Crippen molar-refractivity contribution in [3.63, 3.8) is 0 Å². The molecule has 31 heavy (non-hydrogen) atoms. The molecular formula is C23H16Cl2N2O4. The number of ether oxygens (including phenoxy) is 1. The van der Waals surface area contributed by atoms with Crippen LogP contribution in [0.1, 0.15) is 17.3 Å². The number of nitrogens with zero attached hydrogens (tertiary/aromatic N) is 1. The number of carbonyl (C=O) groups excluding carboxylic acids is 1. The molecule has 4 rings (SSSR count). The predicted molar refractivity (Wildman–Crippen MR) is 121 cm³/mol. The lowest BCUT2D eigenvalue weighted by Gasteiger charge is -2.13. The van der Waals surface area contributed by atoms with Crippen molar-refractivity contribution in [1.82, 2.24) is 4.98 Å². The van der Waals surface area contributed by atoms with Gasteiger partial charge in [0.25, 0.3) is 5.91 Å². The summed E-state index contributed by atoms with van der Waals surface area (Å²) >= 11 is 12.2. The Morgan fingerprint density at radius 3 is 2.58 bits per heavy atom. The fourth-order valence-corrected chi connectivity index (χ4v) is 3.60. The molecule has 1 amide bonds. The van der Waals surface area contributed by atoms with E-state index in [-0.39, 0.29) is 22.2 Å². The van der Waals surface area contributed by atoms with Gasteiger partial charge in [0.05, 0.1) is 28.1 Å². The van der Waals surface area contributed by atoms with Gasteiger partial charge in [-0.2, -0.15) is 0 Å². The second-order valence-electron chi connectivity index (χ2n) is 6.55. The average Bonchev–Trinajstić information content (AvgIpc) is 2.76. The Morgan fingerprint density at radius 2 is 1.84 bits per heavy atom. The van der Waals surface area contributed by atoms with Crippen LogP contribution in [0, 0.1) is 0 Å². The smallest absolute Gasteiger partial charge is 0.347 e. The maximum Gasteiger partial charge on any atom is 0.347 e. The summed E-state index contributed by atoms with van der Waals surface area (Å²) in [4.78, 5) is 29.4. The van der Waals surface area contributed by atoms with E-state index in [1.807, 2.05) is 0 Å². The molecule has 0 fully saturated rings. The van der Waals surface area contributed by atoms with Crippen LogP contribution in [0.2, 0.25) is 10.0 Å². The van der Waals surface area contributed by atoms with Crippen LogP contribution in [0.25, 0.3) is 22.4 Å².